The van der Waals surface area contributed by atoms with Gasteiger partial charge in [-0.05, 0) is 30.4 Å². The minimum absolute atomic E-state index is 0.240. The highest BCUT2D eigenvalue weighted by atomic mass is 35.5. The van der Waals surface area contributed by atoms with Crippen LogP contribution in [0.15, 0.2) is 18.2 Å². The molecule has 1 atom stereocenters. The number of benzene rings is 1. The zero-order valence-electron chi connectivity index (χ0n) is 8.57. The summed E-state index contributed by atoms with van der Waals surface area (Å²) >= 11 is 7.67. The topological polar surface area (TPSA) is 49.3 Å². The van der Waals surface area contributed by atoms with Crippen LogP contribution in [0.5, 0.6) is 0 Å². The number of carboxylic acids is 1. The zero-order valence-corrected chi connectivity index (χ0v) is 10.1. The molecule has 1 unspecified atom stereocenters. The van der Waals surface area contributed by atoms with Crippen molar-refractivity contribution in [2.24, 2.45) is 0 Å². The Hall–Kier alpha value is -0.870. The fraction of sp³-hybridized carbons (Fsp3) is 0.364. The summed E-state index contributed by atoms with van der Waals surface area (Å²) in [7, 11) is 0. The number of anilines is 1. The van der Waals surface area contributed by atoms with E-state index in [1.54, 1.807) is 12.1 Å². The number of carboxylic acid groups (broad SMARTS) is 1. The number of thioether (sulfide) groups is 1. The summed E-state index contributed by atoms with van der Waals surface area (Å²) in [6, 6.07) is 5.28. The van der Waals surface area contributed by atoms with Crippen molar-refractivity contribution in [1.29, 1.82) is 0 Å². The van der Waals surface area contributed by atoms with Gasteiger partial charge in [0, 0.05) is 22.5 Å². The summed E-state index contributed by atoms with van der Waals surface area (Å²) in [6.07, 6.45) is 1.08. The molecule has 86 valence electrons. The fourth-order valence-electron chi connectivity index (χ4n) is 1.69. The number of hydrogen-bond donors (Lipinski definition) is 2. The van der Waals surface area contributed by atoms with Gasteiger partial charge in [0.05, 0.1) is 5.56 Å². The van der Waals surface area contributed by atoms with Crippen molar-refractivity contribution in [3.8, 4) is 0 Å². The van der Waals surface area contributed by atoms with Crippen LogP contribution in [0.3, 0.4) is 0 Å². The zero-order chi connectivity index (χ0) is 11.5. The van der Waals surface area contributed by atoms with Gasteiger partial charge in [-0.2, -0.15) is 11.8 Å². The van der Waals surface area contributed by atoms with Crippen LogP contribution < -0.4 is 5.32 Å². The maximum Gasteiger partial charge on any atom is 0.337 e. The van der Waals surface area contributed by atoms with Crippen LogP contribution in [0.2, 0.25) is 5.02 Å². The molecule has 0 bridgehead atoms. The molecule has 1 aromatic rings. The molecule has 0 aromatic heterocycles. The van der Waals surface area contributed by atoms with Crippen LogP contribution in [0.4, 0.5) is 5.69 Å². The Morgan fingerprint density at radius 1 is 1.56 bits per heavy atom. The molecular formula is C11H12ClNO2S. The second-order valence-electron chi connectivity index (χ2n) is 3.70. The Labute approximate surface area is 103 Å². The van der Waals surface area contributed by atoms with Crippen LogP contribution in [0, 0.1) is 0 Å². The quantitative estimate of drug-likeness (QED) is 0.874. The largest absolute Gasteiger partial charge is 0.478 e. The van der Waals surface area contributed by atoms with Crippen molar-refractivity contribution in [1.82, 2.24) is 0 Å². The van der Waals surface area contributed by atoms with Gasteiger partial charge in [0.15, 0.2) is 0 Å². The van der Waals surface area contributed by atoms with Crippen molar-refractivity contribution < 1.29 is 9.90 Å². The standard InChI is InChI=1S/C11H12ClNO2S/c12-7-1-2-10(9(5-7)11(14)15)13-8-3-4-16-6-8/h1-2,5,8,13H,3-4,6H2,(H,14,15). The van der Waals surface area contributed by atoms with Gasteiger partial charge >= 0.3 is 5.97 Å². The predicted octanol–water partition coefficient (Wildman–Crippen LogP) is 2.96. The van der Waals surface area contributed by atoms with E-state index in [9.17, 15) is 4.79 Å². The maximum absolute atomic E-state index is 11.0. The van der Waals surface area contributed by atoms with Crippen LogP contribution >= 0.6 is 23.4 Å². The van der Waals surface area contributed by atoms with E-state index in [1.165, 1.54) is 6.07 Å². The summed E-state index contributed by atoms with van der Waals surface area (Å²) in [6.45, 7) is 0. The lowest BCUT2D eigenvalue weighted by Crippen LogP contribution is -2.19. The molecular weight excluding hydrogens is 246 g/mol. The van der Waals surface area contributed by atoms with Gasteiger partial charge in [0.2, 0.25) is 0 Å². The molecule has 0 radical (unpaired) electrons. The van der Waals surface area contributed by atoms with E-state index in [0.717, 1.165) is 17.9 Å². The molecule has 2 rings (SSSR count). The smallest absolute Gasteiger partial charge is 0.337 e. The summed E-state index contributed by atoms with van der Waals surface area (Å²) in [5, 5.41) is 12.8. The second-order valence-corrected chi connectivity index (χ2v) is 5.29. The average Bonchev–Trinajstić information content (AvgIpc) is 2.73. The van der Waals surface area contributed by atoms with Gasteiger partial charge in [-0.3, -0.25) is 0 Å². The van der Waals surface area contributed by atoms with Crippen LogP contribution in [-0.4, -0.2) is 28.6 Å². The molecule has 16 heavy (non-hydrogen) atoms. The van der Waals surface area contributed by atoms with E-state index >= 15 is 0 Å². The van der Waals surface area contributed by atoms with Gasteiger partial charge < -0.3 is 10.4 Å². The minimum atomic E-state index is -0.948. The van der Waals surface area contributed by atoms with Crippen molar-refractivity contribution in [3.63, 3.8) is 0 Å². The first-order valence-electron chi connectivity index (χ1n) is 5.04. The third-order valence-corrected chi connectivity index (χ3v) is 3.90. The Morgan fingerprint density at radius 2 is 2.38 bits per heavy atom. The highest BCUT2D eigenvalue weighted by molar-refractivity contribution is 7.99. The fourth-order valence-corrected chi connectivity index (χ4v) is 3.01. The van der Waals surface area contributed by atoms with Crippen molar-refractivity contribution in [3.05, 3.63) is 28.8 Å². The molecule has 5 heteroatoms. The Balaban J connectivity index is 2.21. The third kappa shape index (κ3) is 2.62. The number of rotatable bonds is 3. The van der Waals surface area contributed by atoms with E-state index in [4.69, 9.17) is 16.7 Å². The summed E-state index contributed by atoms with van der Waals surface area (Å²) in [5.74, 6) is 1.21. The molecule has 0 amide bonds. The molecule has 3 nitrogen and oxygen atoms in total. The lowest BCUT2D eigenvalue weighted by atomic mass is 10.1. The number of hydrogen-bond acceptors (Lipinski definition) is 3. The Bertz CT molecular complexity index is 405. The van der Waals surface area contributed by atoms with Crippen LogP contribution in [0.25, 0.3) is 0 Å². The summed E-state index contributed by atoms with van der Waals surface area (Å²) in [5.41, 5.74) is 0.897. The highest BCUT2D eigenvalue weighted by Gasteiger charge is 2.18. The van der Waals surface area contributed by atoms with Gasteiger partial charge in [-0.1, -0.05) is 11.6 Å². The molecule has 1 aromatic carbocycles. The molecule has 2 N–H and O–H groups in total. The normalized spacial score (nSPS) is 19.7. The molecule has 1 fully saturated rings. The lowest BCUT2D eigenvalue weighted by Gasteiger charge is -2.15. The van der Waals surface area contributed by atoms with E-state index in [0.29, 0.717) is 16.8 Å². The van der Waals surface area contributed by atoms with Crippen LogP contribution in [-0.2, 0) is 0 Å². The molecule has 0 spiro atoms. The van der Waals surface area contributed by atoms with E-state index in [-0.39, 0.29) is 5.56 Å². The van der Waals surface area contributed by atoms with E-state index < -0.39 is 5.97 Å². The third-order valence-electron chi connectivity index (χ3n) is 2.50. The van der Waals surface area contributed by atoms with Gasteiger partial charge in [0.1, 0.15) is 0 Å². The minimum Gasteiger partial charge on any atom is -0.478 e. The van der Waals surface area contributed by atoms with Crippen molar-refractivity contribution in [2.75, 3.05) is 16.8 Å². The first-order chi connectivity index (χ1) is 7.66. The van der Waals surface area contributed by atoms with Gasteiger partial charge in [-0.15, -0.1) is 0 Å². The summed E-state index contributed by atoms with van der Waals surface area (Å²) < 4.78 is 0. The number of halogens is 1. The van der Waals surface area contributed by atoms with E-state index in [2.05, 4.69) is 5.32 Å². The Morgan fingerprint density at radius 3 is 3.00 bits per heavy atom. The van der Waals surface area contributed by atoms with Crippen molar-refractivity contribution >= 4 is 35.0 Å². The second kappa shape index (κ2) is 4.97. The highest BCUT2D eigenvalue weighted by Crippen LogP contribution is 2.25. The number of carbonyl (C=O) groups is 1. The Kier molecular flexibility index (Phi) is 3.61. The van der Waals surface area contributed by atoms with Gasteiger partial charge in [-0.25, -0.2) is 4.79 Å². The summed E-state index contributed by atoms with van der Waals surface area (Å²) in [4.78, 5) is 11.0. The molecule has 0 saturated carbocycles. The lowest BCUT2D eigenvalue weighted by molar-refractivity contribution is 0.0698. The van der Waals surface area contributed by atoms with Crippen molar-refractivity contribution in [2.45, 2.75) is 12.5 Å². The molecule has 1 aliphatic heterocycles. The molecule has 0 aliphatic carbocycles. The van der Waals surface area contributed by atoms with E-state index in [1.807, 2.05) is 11.8 Å². The monoisotopic (exact) mass is 257 g/mol. The maximum atomic E-state index is 11.0. The molecule has 1 saturated heterocycles. The first kappa shape index (κ1) is 11.6. The molecule has 1 aliphatic rings. The molecule has 1 heterocycles. The first-order valence-corrected chi connectivity index (χ1v) is 6.57. The predicted molar refractivity (Wildman–Crippen MR) is 67.8 cm³/mol. The van der Waals surface area contributed by atoms with Gasteiger partial charge in [0.25, 0.3) is 0 Å². The number of nitrogens with one attached hydrogen (secondary N) is 1. The number of aromatic carboxylic acids is 1. The SMILES string of the molecule is O=C(O)c1cc(Cl)ccc1NC1CCSC1. The van der Waals surface area contributed by atoms with Crippen LogP contribution in [0.1, 0.15) is 16.8 Å². The average molecular weight is 258 g/mol.